The number of fused-ring (bicyclic) bond motifs is 9. The van der Waals surface area contributed by atoms with Gasteiger partial charge in [-0.2, -0.15) is 0 Å². The molecule has 0 spiro atoms. The first-order chi connectivity index (χ1) is 27.7. The van der Waals surface area contributed by atoms with Crippen LogP contribution in [0.1, 0.15) is 22.9 Å². The highest BCUT2D eigenvalue weighted by Crippen LogP contribution is 2.41. The van der Waals surface area contributed by atoms with Crippen molar-refractivity contribution < 1.29 is 4.42 Å². The number of benzene rings is 9. The molecule has 5 heteroatoms. The predicted octanol–water partition coefficient (Wildman–Crippen LogP) is 12.6. The van der Waals surface area contributed by atoms with E-state index in [9.17, 15) is 0 Å². The van der Waals surface area contributed by atoms with E-state index < -0.39 is 6.17 Å². The second-order valence-corrected chi connectivity index (χ2v) is 14.6. The van der Waals surface area contributed by atoms with Crippen LogP contribution in [0.5, 0.6) is 0 Å². The highest BCUT2D eigenvalue weighted by atomic mass is 16.3. The molecule has 12 rings (SSSR count). The number of aliphatic imine (C=N–C) groups is 2. The number of para-hydroxylation sites is 2. The van der Waals surface area contributed by atoms with Crippen LogP contribution in [0.15, 0.2) is 196 Å². The number of nitrogens with zero attached hydrogens (tertiary/aromatic N) is 3. The monoisotopic (exact) mass is 716 g/mol. The van der Waals surface area contributed by atoms with Gasteiger partial charge in [-0.1, -0.05) is 133 Å². The number of hydrogen-bond donors (Lipinski definition) is 1. The molecule has 2 aromatic heterocycles. The molecular formula is C51H32N4O. The standard InChI is InChI=1S/C51H32N4O/c1-3-13-33-27-37(23-21-31(33)11-1)49-52-50(38-24-22-32-12-2-4-14-34(32)28-38)54-51(53-49)48-43(25-26-46-47(48)40-18-8-10-20-45(40)56-46)55-42-19-9-7-17-39(42)41-29-35-15-5-6-16-36(35)30-44(41)55/h1-30,49H,(H,52,53,54). The van der Waals surface area contributed by atoms with Crippen molar-refractivity contribution in [1.82, 2.24) is 9.88 Å². The van der Waals surface area contributed by atoms with Gasteiger partial charge < -0.3 is 14.3 Å². The molecule has 1 aliphatic rings. The minimum atomic E-state index is -0.406. The minimum Gasteiger partial charge on any atom is -0.456 e. The fourth-order valence-electron chi connectivity index (χ4n) is 8.73. The van der Waals surface area contributed by atoms with Gasteiger partial charge in [0.2, 0.25) is 0 Å². The summed E-state index contributed by atoms with van der Waals surface area (Å²) < 4.78 is 8.99. The highest BCUT2D eigenvalue weighted by Gasteiger charge is 2.28. The van der Waals surface area contributed by atoms with Crippen molar-refractivity contribution in [2.75, 3.05) is 0 Å². The molecule has 0 amide bonds. The molecule has 5 nitrogen and oxygen atoms in total. The van der Waals surface area contributed by atoms with Crippen molar-refractivity contribution in [1.29, 1.82) is 0 Å². The third kappa shape index (κ3) is 4.74. The van der Waals surface area contributed by atoms with Gasteiger partial charge in [0, 0.05) is 27.1 Å². The van der Waals surface area contributed by atoms with Crippen LogP contribution in [-0.4, -0.2) is 16.2 Å². The summed E-state index contributed by atoms with van der Waals surface area (Å²) in [5.74, 6) is 1.41. The van der Waals surface area contributed by atoms with Crippen molar-refractivity contribution in [2.45, 2.75) is 6.17 Å². The first-order valence-corrected chi connectivity index (χ1v) is 19.0. The van der Waals surface area contributed by atoms with Gasteiger partial charge in [-0.3, -0.25) is 0 Å². The lowest BCUT2D eigenvalue weighted by atomic mass is 10.00. The Labute approximate surface area is 321 Å². The minimum absolute atomic E-state index is 0.406. The highest BCUT2D eigenvalue weighted by molar-refractivity contribution is 6.25. The molecule has 0 saturated carbocycles. The molecule has 11 aromatic rings. The maximum Gasteiger partial charge on any atom is 0.159 e. The summed E-state index contributed by atoms with van der Waals surface area (Å²) in [6.45, 7) is 0. The van der Waals surface area contributed by atoms with Gasteiger partial charge >= 0.3 is 0 Å². The Morgan fingerprint density at radius 3 is 1.93 bits per heavy atom. The van der Waals surface area contributed by atoms with Gasteiger partial charge in [-0.25, -0.2) is 9.98 Å². The lowest BCUT2D eigenvalue weighted by Crippen LogP contribution is -2.34. The molecule has 1 N–H and O–H groups in total. The molecule has 9 aromatic carbocycles. The zero-order valence-corrected chi connectivity index (χ0v) is 30.1. The Morgan fingerprint density at radius 2 is 1.12 bits per heavy atom. The average molecular weight is 717 g/mol. The Bertz CT molecular complexity index is 3480. The number of rotatable bonds is 4. The Hall–Kier alpha value is -7.50. The third-order valence-electron chi connectivity index (χ3n) is 11.4. The van der Waals surface area contributed by atoms with Crippen LogP contribution in [0.2, 0.25) is 0 Å². The summed E-state index contributed by atoms with van der Waals surface area (Å²) in [5.41, 5.74) is 7.88. The van der Waals surface area contributed by atoms with E-state index >= 15 is 0 Å². The molecule has 262 valence electrons. The summed E-state index contributed by atoms with van der Waals surface area (Å²) >= 11 is 0. The Kier molecular flexibility index (Phi) is 6.63. The molecule has 56 heavy (non-hydrogen) atoms. The summed E-state index contributed by atoms with van der Waals surface area (Å²) in [5, 5.41) is 15.4. The number of aromatic nitrogens is 1. The zero-order valence-electron chi connectivity index (χ0n) is 30.1. The molecule has 3 heterocycles. The fraction of sp³-hybridized carbons (Fsp3) is 0.0196. The zero-order chi connectivity index (χ0) is 36.7. The Balaban J connectivity index is 1.17. The van der Waals surface area contributed by atoms with E-state index in [1.807, 2.05) is 12.1 Å². The number of furan rings is 1. The molecule has 0 saturated heterocycles. The lowest BCUT2D eigenvalue weighted by Gasteiger charge is -2.26. The van der Waals surface area contributed by atoms with Gasteiger partial charge in [-0.15, -0.1) is 0 Å². The summed E-state index contributed by atoms with van der Waals surface area (Å²) in [7, 11) is 0. The van der Waals surface area contributed by atoms with Gasteiger partial charge in [0.25, 0.3) is 0 Å². The van der Waals surface area contributed by atoms with Gasteiger partial charge in [0.05, 0.1) is 22.3 Å². The first-order valence-electron chi connectivity index (χ1n) is 19.0. The van der Waals surface area contributed by atoms with Crippen LogP contribution < -0.4 is 5.32 Å². The smallest absolute Gasteiger partial charge is 0.159 e. The summed E-state index contributed by atoms with van der Waals surface area (Å²) in [4.78, 5) is 10.8. The number of amidine groups is 2. The fourth-order valence-corrected chi connectivity index (χ4v) is 8.73. The molecular weight excluding hydrogens is 685 g/mol. The number of hydrogen-bond acceptors (Lipinski definition) is 4. The first kappa shape index (κ1) is 30.9. The van der Waals surface area contributed by atoms with Crippen molar-refractivity contribution >= 4 is 87.7 Å². The van der Waals surface area contributed by atoms with Gasteiger partial charge in [0.15, 0.2) is 5.84 Å². The maximum absolute atomic E-state index is 6.59. The van der Waals surface area contributed by atoms with Crippen LogP contribution in [0, 0.1) is 0 Å². The topological polar surface area (TPSA) is 54.8 Å². The quantitative estimate of drug-likeness (QED) is 0.197. The molecule has 0 fully saturated rings. The van der Waals surface area contributed by atoms with E-state index in [1.165, 1.54) is 37.7 Å². The third-order valence-corrected chi connectivity index (χ3v) is 11.4. The van der Waals surface area contributed by atoms with Crippen molar-refractivity contribution in [2.24, 2.45) is 9.98 Å². The van der Waals surface area contributed by atoms with E-state index in [1.54, 1.807) is 0 Å². The van der Waals surface area contributed by atoms with Crippen LogP contribution in [0.3, 0.4) is 0 Å². The molecule has 1 unspecified atom stereocenters. The van der Waals surface area contributed by atoms with E-state index in [4.69, 9.17) is 14.4 Å². The average Bonchev–Trinajstić information content (AvgIpc) is 3.80. The normalized spacial score (nSPS) is 14.6. The SMILES string of the molecule is c1ccc2cc(C3=NC(c4ccc5ccccc5c4)NC(c4c(-n5c6ccccc6c6cc7ccccc7cc65)ccc5oc6ccccc6c45)=N3)ccc2c1. The maximum atomic E-state index is 6.59. The van der Waals surface area contributed by atoms with E-state index in [0.717, 1.165) is 66.6 Å². The van der Waals surface area contributed by atoms with Crippen molar-refractivity contribution in [3.63, 3.8) is 0 Å². The second-order valence-electron chi connectivity index (χ2n) is 14.6. The molecule has 1 atom stereocenters. The van der Waals surface area contributed by atoms with Gasteiger partial charge in [0.1, 0.15) is 23.2 Å². The van der Waals surface area contributed by atoms with Crippen molar-refractivity contribution in [3.8, 4) is 5.69 Å². The van der Waals surface area contributed by atoms with Crippen LogP contribution in [-0.2, 0) is 0 Å². The summed E-state index contributed by atoms with van der Waals surface area (Å²) in [6, 6.07) is 64.6. The molecule has 0 bridgehead atoms. The lowest BCUT2D eigenvalue weighted by molar-refractivity contribution is 0.667. The van der Waals surface area contributed by atoms with E-state index in [0.29, 0.717) is 5.84 Å². The van der Waals surface area contributed by atoms with E-state index in [2.05, 4.69) is 180 Å². The van der Waals surface area contributed by atoms with Crippen LogP contribution in [0.4, 0.5) is 0 Å². The summed E-state index contributed by atoms with van der Waals surface area (Å²) in [6.07, 6.45) is -0.406. The molecule has 0 aliphatic carbocycles. The van der Waals surface area contributed by atoms with Gasteiger partial charge in [-0.05, 0) is 86.4 Å². The molecule has 0 radical (unpaired) electrons. The van der Waals surface area contributed by atoms with E-state index in [-0.39, 0.29) is 0 Å². The second kappa shape index (κ2) is 12.0. The molecule has 1 aliphatic heterocycles. The van der Waals surface area contributed by atoms with Crippen LogP contribution in [0.25, 0.3) is 81.7 Å². The number of nitrogens with one attached hydrogen (secondary N) is 1. The van der Waals surface area contributed by atoms with Crippen LogP contribution >= 0.6 is 0 Å². The largest absolute Gasteiger partial charge is 0.456 e. The Morgan fingerprint density at radius 1 is 0.482 bits per heavy atom. The predicted molar refractivity (Wildman–Crippen MR) is 232 cm³/mol. The van der Waals surface area contributed by atoms with Crippen molar-refractivity contribution in [3.05, 3.63) is 199 Å².